The number of alkyl halides is 3. The van der Waals surface area contributed by atoms with Crippen molar-refractivity contribution in [3.8, 4) is 5.75 Å². The summed E-state index contributed by atoms with van der Waals surface area (Å²) in [6.45, 7) is 0. The van der Waals surface area contributed by atoms with Gasteiger partial charge in [-0.15, -0.1) is 13.2 Å². The first kappa shape index (κ1) is 14.6. The van der Waals surface area contributed by atoms with Crippen molar-refractivity contribution < 1.29 is 26.7 Å². The van der Waals surface area contributed by atoms with Gasteiger partial charge in [-0.3, -0.25) is 4.21 Å². The Morgan fingerprint density at radius 3 is 2.55 bits per heavy atom. The molecule has 0 aliphatic carbocycles. The first-order valence-electron chi connectivity index (χ1n) is 5.45. The molecule has 0 saturated heterocycles. The van der Waals surface area contributed by atoms with Crippen LogP contribution >= 0.6 is 0 Å². The van der Waals surface area contributed by atoms with E-state index in [1.54, 1.807) is 6.07 Å². The summed E-state index contributed by atoms with van der Waals surface area (Å²) in [5.41, 5.74) is 0.618. The zero-order valence-electron chi connectivity index (χ0n) is 9.94. The Balaban J connectivity index is 2.29. The monoisotopic (exact) mass is 304 g/mol. The molecular formula is C12H9F3NO3S-. The van der Waals surface area contributed by atoms with Gasteiger partial charge >= 0.3 is 6.36 Å². The minimum atomic E-state index is -4.79. The summed E-state index contributed by atoms with van der Waals surface area (Å²) >= 11 is -2.45. The van der Waals surface area contributed by atoms with Crippen molar-refractivity contribution in [1.82, 2.24) is 4.98 Å². The fourth-order valence-corrected chi connectivity index (χ4v) is 2.26. The van der Waals surface area contributed by atoms with E-state index in [1.807, 2.05) is 0 Å². The van der Waals surface area contributed by atoms with Crippen LogP contribution in [0.25, 0.3) is 0 Å². The molecule has 0 fully saturated rings. The molecule has 1 aromatic heterocycles. The Kier molecular flexibility index (Phi) is 4.15. The fourth-order valence-electron chi connectivity index (χ4n) is 1.75. The van der Waals surface area contributed by atoms with Crippen LogP contribution < -0.4 is 4.74 Å². The number of rotatable bonds is 4. The van der Waals surface area contributed by atoms with Crippen molar-refractivity contribution in [2.24, 2.45) is 0 Å². The highest BCUT2D eigenvalue weighted by Gasteiger charge is 2.32. The molecule has 0 amide bonds. The quantitative estimate of drug-likeness (QED) is 0.883. The van der Waals surface area contributed by atoms with E-state index in [0.29, 0.717) is 5.56 Å². The second-order valence-corrected chi connectivity index (χ2v) is 4.82. The maximum Gasteiger partial charge on any atom is 0.573 e. The first-order chi connectivity index (χ1) is 9.37. The van der Waals surface area contributed by atoms with Crippen molar-refractivity contribution in [2.45, 2.75) is 17.7 Å². The molecule has 8 heteroatoms. The molecule has 1 unspecified atom stereocenters. The molecule has 0 aliphatic heterocycles. The van der Waals surface area contributed by atoms with Crippen LogP contribution in [-0.4, -0.2) is 20.1 Å². The van der Waals surface area contributed by atoms with Gasteiger partial charge in [-0.1, -0.05) is 18.2 Å². The molecule has 1 N–H and O–H groups in total. The Morgan fingerprint density at radius 2 is 1.90 bits per heavy atom. The Morgan fingerprint density at radius 1 is 1.20 bits per heavy atom. The fraction of sp³-hybridized carbons (Fsp3) is 0.167. The molecule has 0 spiro atoms. The van der Waals surface area contributed by atoms with Gasteiger partial charge in [0, 0.05) is 23.7 Å². The van der Waals surface area contributed by atoms with E-state index in [1.165, 1.54) is 30.6 Å². The number of halogens is 3. The van der Waals surface area contributed by atoms with Gasteiger partial charge in [-0.25, -0.2) is 0 Å². The summed E-state index contributed by atoms with van der Waals surface area (Å²) in [7, 11) is 0. The minimum Gasteiger partial charge on any atom is -0.768 e. The third kappa shape index (κ3) is 3.61. The summed E-state index contributed by atoms with van der Waals surface area (Å²) in [5.74, 6) is -0.344. The van der Waals surface area contributed by atoms with Gasteiger partial charge < -0.3 is 14.3 Å². The van der Waals surface area contributed by atoms with Gasteiger partial charge in [0.1, 0.15) is 5.75 Å². The predicted octanol–water partition coefficient (Wildman–Crippen LogP) is 2.74. The highest BCUT2D eigenvalue weighted by atomic mass is 32.2. The van der Waals surface area contributed by atoms with Gasteiger partial charge in [0.05, 0.1) is 0 Å². The van der Waals surface area contributed by atoms with Gasteiger partial charge in [0.2, 0.25) is 0 Å². The lowest BCUT2D eigenvalue weighted by Crippen LogP contribution is -2.18. The third-order valence-electron chi connectivity index (χ3n) is 2.55. The molecule has 2 aromatic rings. The number of hydrogen-bond donors (Lipinski definition) is 1. The molecule has 0 aliphatic rings. The van der Waals surface area contributed by atoms with Crippen LogP contribution in [0.2, 0.25) is 0 Å². The number of nitrogens with one attached hydrogen (secondary N) is 1. The van der Waals surface area contributed by atoms with E-state index in [4.69, 9.17) is 0 Å². The first-order valence-corrected chi connectivity index (χ1v) is 6.53. The lowest BCUT2D eigenvalue weighted by atomic mass is 10.1. The topological polar surface area (TPSA) is 65.1 Å². The van der Waals surface area contributed by atoms with Crippen LogP contribution in [0, 0.1) is 0 Å². The number of benzene rings is 1. The highest BCUT2D eigenvalue weighted by Crippen LogP contribution is 2.28. The number of para-hydroxylation sites is 1. The molecule has 1 aromatic carbocycles. The van der Waals surface area contributed by atoms with Crippen molar-refractivity contribution >= 4 is 11.1 Å². The van der Waals surface area contributed by atoms with Crippen molar-refractivity contribution in [2.75, 3.05) is 0 Å². The standard InChI is InChI=1S/C12H10F3NO3S/c13-12(14,15)19-10-4-2-1-3-8(10)5-9-6-16-7-11(9)20(17)18/h1-4,6-7,16H,5H2,(H,17,18)/p-1. The zero-order valence-corrected chi connectivity index (χ0v) is 10.8. The molecule has 2 rings (SSSR count). The maximum atomic E-state index is 12.3. The van der Waals surface area contributed by atoms with E-state index in [2.05, 4.69) is 9.72 Å². The molecule has 0 saturated carbocycles. The lowest BCUT2D eigenvalue weighted by molar-refractivity contribution is -0.274. The lowest BCUT2D eigenvalue weighted by Gasteiger charge is -2.13. The zero-order chi connectivity index (χ0) is 14.8. The van der Waals surface area contributed by atoms with E-state index in [9.17, 15) is 21.9 Å². The van der Waals surface area contributed by atoms with Crippen molar-refractivity contribution in [3.05, 3.63) is 47.8 Å². The number of ether oxygens (including phenoxy) is 1. The van der Waals surface area contributed by atoms with Crippen LogP contribution in [0.4, 0.5) is 13.2 Å². The van der Waals surface area contributed by atoms with E-state index >= 15 is 0 Å². The molecule has 0 bridgehead atoms. The van der Waals surface area contributed by atoms with Gasteiger partial charge in [-0.05, 0) is 28.3 Å². The largest absolute Gasteiger partial charge is 0.768 e. The summed E-state index contributed by atoms with van der Waals surface area (Å²) in [6.07, 6.45) is -2.08. The minimum absolute atomic E-state index is 0.0130. The second kappa shape index (κ2) is 5.68. The average Bonchev–Trinajstić information content (AvgIpc) is 2.78. The Bertz CT molecular complexity index is 624. The highest BCUT2D eigenvalue weighted by molar-refractivity contribution is 7.79. The van der Waals surface area contributed by atoms with Gasteiger partial charge in [0.15, 0.2) is 0 Å². The van der Waals surface area contributed by atoms with E-state index in [0.717, 1.165) is 0 Å². The summed E-state index contributed by atoms with van der Waals surface area (Å²) in [6, 6.07) is 5.60. The van der Waals surface area contributed by atoms with Crippen molar-refractivity contribution in [3.63, 3.8) is 0 Å². The smallest absolute Gasteiger partial charge is 0.573 e. The predicted molar refractivity (Wildman–Crippen MR) is 63.9 cm³/mol. The van der Waals surface area contributed by atoms with Crippen LogP contribution in [0.15, 0.2) is 41.6 Å². The summed E-state index contributed by atoms with van der Waals surface area (Å²) in [5, 5.41) is 0. The number of aromatic nitrogens is 1. The van der Waals surface area contributed by atoms with Crippen molar-refractivity contribution in [1.29, 1.82) is 0 Å². The van der Waals surface area contributed by atoms with Crippen LogP contribution in [0.3, 0.4) is 0 Å². The molecule has 0 radical (unpaired) electrons. The average molecular weight is 304 g/mol. The molecule has 4 nitrogen and oxygen atoms in total. The molecule has 1 atom stereocenters. The SMILES string of the molecule is O=S([O-])c1c[nH]cc1Cc1ccccc1OC(F)(F)F. The van der Waals surface area contributed by atoms with Gasteiger partial charge in [0.25, 0.3) is 0 Å². The Labute approximate surface area is 114 Å². The molecular weight excluding hydrogens is 295 g/mol. The normalized spacial score (nSPS) is 13.2. The number of H-pyrrole nitrogens is 1. The van der Waals surface area contributed by atoms with Crippen LogP contribution in [-0.2, 0) is 17.5 Å². The molecule has 1 heterocycles. The van der Waals surface area contributed by atoms with Gasteiger partial charge in [-0.2, -0.15) is 0 Å². The summed E-state index contributed by atoms with van der Waals surface area (Å²) in [4.78, 5) is 2.63. The number of hydrogen-bond acceptors (Lipinski definition) is 3. The number of aromatic amines is 1. The summed E-state index contributed by atoms with van der Waals surface area (Å²) < 4.78 is 62.7. The second-order valence-electron chi connectivity index (χ2n) is 3.91. The van der Waals surface area contributed by atoms with Crippen LogP contribution in [0.5, 0.6) is 5.75 Å². The third-order valence-corrected chi connectivity index (χ3v) is 3.29. The van der Waals surface area contributed by atoms with Crippen LogP contribution in [0.1, 0.15) is 11.1 Å². The van der Waals surface area contributed by atoms with E-state index < -0.39 is 17.4 Å². The maximum absolute atomic E-state index is 12.3. The molecule has 108 valence electrons. The van der Waals surface area contributed by atoms with E-state index in [-0.39, 0.29) is 22.6 Å². The Hall–Kier alpha value is -1.80. The molecule has 20 heavy (non-hydrogen) atoms.